The maximum absolute atomic E-state index is 10.6. The van der Waals surface area contributed by atoms with Gasteiger partial charge in [-0.15, -0.1) is 0 Å². The number of hydrogen-bond acceptors (Lipinski definition) is 11. The zero-order valence-electron chi connectivity index (χ0n) is 21.4. The number of epoxide rings is 1. The van der Waals surface area contributed by atoms with E-state index in [9.17, 15) is 25.5 Å². The molecule has 0 aromatic heterocycles. The third kappa shape index (κ3) is 8.54. The first-order valence-electron chi connectivity index (χ1n) is 13.6. The summed E-state index contributed by atoms with van der Waals surface area (Å²) in [5.41, 5.74) is 0. The Labute approximate surface area is 213 Å². The average Bonchev–Trinajstić information content (AvgIpc) is 3.69. The van der Waals surface area contributed by atoms with Crippen LogP contribution in [0.3, 0.4) is 0 Å². The van der Waals surface area contributed by atoms with Crippen molar-refractivity contribution < 1.29 is 54.0 Å². The minimum Gasteiger partial charge on any atom is -0.394 e. The Balaban J connectivity index is 1.30. The molecule has 36 heavy (non-hydrogen) atoms. The SMILES string of the molecule is CCCCCCCCCCOCCCO[C@H]1OC(CO)[C@H](O[C@@H]2OC(CO)[C@@H]3O[C@H]3C2O)[C@@H](O)C1O. The van der Waals surface area contributed by atoms with Crippen molar-refractivity contribution in [3.05, 3.63) is 0 Å². The van der Waals surface area contributed by atoms with E-state index in [0.717, 1.165) is 6.42 Å². The van der Waals surface area contributed by atoms with Crippen LogP contribution in [-0.4, -0.2) is 120 Å². The van der Waals surface area contributed by atoms with Crippen LogP contribution in [0.25, 0.3) is 0 Å². The van der Waals surface area contributed by atoms with E-state index in [1.165, 1.54) is 44.9 Å². The monoisotopic (exact) mass is 522 g/mol. The highest BCUT2D eigenvalue weighted by molar-refractivity contribution is 5.02. The predicted molar refractivity (Wildman–Crippen MR) is 127 cm³/mol. The van der Waals surface area contributed by atoms with Crippen LogP contribution in [0, 0.1) is 0 Å². The molecule has 11 heteroatoms. The van der Waals surface area contributed by atoms with Gasteiger partial charge in [-0.05, 0) is 12.8 Å². The van der Waals surface area contributed by atoms with Gasteiger partial charge in [0.05, 0.1) is 19.8 Å². The molecule has 4 unspecified atom stereocenters. The first-order valence-corrected chi connectivity index (χ1v) is 13.6. The topological polar surface area (TPSA) is 160 Å². The second-order valence-electron chi connectivity index (χ2n) is 9.90. The van der Waals surface area contributed by atoms with Gasteiger partial charge in [-0.3, -0.25) is 0 Å². The lowest BCUT2D eigenvalue weighted by molar-refractivity contribution is -0.341. The van der Waals surface area contributed by atoms with Crippen LogP contribution >= 0.6 is 0 Å². The van der Waals surface area contributed by atoms with Gasteiger partial charge in [0, 0.05) is 13.2 Å². The van der Waals surface area contributed by atoms with Gasteiger partial charge < -0.3 is 54.0 Å². The zero-order valence-corrected chi connectivity index (χ0v) is 21.4. The fraction of sp³-hybridized carbons (Fsp3) is 1.00. The number of rotatable bonds is 18. The highest BCUT2D eigenvalue weighted by Crippen LogP contribution is 2.39. The number of ether oxygens (including phenoxy) is 6. The number of hydrogen-bond donors (Lipinski definition) is 5. The van der Waals surface area contributed by atoms with Crippen LogP contribution in [0.4, 0.5) is 0 Å². The Bertz CT molecular complexity index is 594. The van der Waals surface area contributed by atoms with Crippen LogP contribution < -0.4 is 0 Å². The highest BCUT2D eigenvalue weighted by Gasteiger charge is 2.59. The van der Waals surface area contributed by atoms with Gasteiger partial charge in [0.2, 0.25) is 0 Å². The van der Waals surface area contributed by atoms with Gasteiger partial charge in [0.15, 0.2) is 12.6 Å². The fourth-order valence-electron chi connectivity index (χ4n) is 4.77. The summed E-state index contributed by atoms with van der Waals surface area (Å²) in [5.74, 6) is 0. The molecule has 3 heterocycles. The van der Waals surface area contributed by atoms with E-state index in [1.807, 2.05) is 0 Å². The van der Waals surface area contributed by atoms with Crippen molar-refractivity contribution >= 4 is 0 Å². The molecule has 0 aliphatic carbocycles. The summed E-state index contributed by atoms with van der Waals surface area (Å²) < 4.78 is 33.4. The van der Waals surface area contributed by atoms with Crippen molar-refractivity contribution in [3.63, 3.8) is 0 Å². The maximum atomic E-state index is 10.6. The zero-order chi connectivity index (χ0) is 25.9. The molecule has 3 aliphatic rings. The predicted octanol–water partition coefficient (Wildman–Crippen LogP) is 0.220. The molecule has 0 radical (unpaired) electrons. The van der Waals surface area contributed by atoms with Crippen molar-refractivity contribution in [3.8, 4) is 0 Å². The van der Waals surface area contributed by atoms with Crippen molar-refractivity contribution in [2.45, 2.75) is 126 Å². The highest BCUT2D eigenvalue weighted by atomic mass is 16.8. The summed E-state index contributed by atoms with van der Waals surface area (Å²) >= 11 is 0. The minimum absolute atomic E-state index is 0.249. The molecule has 3 aliphatic heterocycles. The Morgan fingerprint density at radius 1 is 0.611 bits per heavy atom. The van der Waals surface area contributed by atoms with E-state index in [2.05, 4.69) is 6.92 Å². The average molecular weight is 523 g/mol. The molecule has 0 aromatic rings. The van der Waals surface area contributed by atoms with Gasteiger partial charge in [0.25, 0.3) is 0 Å². The molecule has 3 fully saturated rings. The normalized spacial score (nSPS) is 38.2. The Morgan fingerprint density at radius 2 is 1.25 bits per heavy atom. The number of unbranched alkanes of at least 4 members (excludes halogenated alkanes) is 7. The second-order valence-corrected chi connectivity index (χ2v) is 9.90. The van der Waals surface area contributed by atoms with Crippen molar-refractivity contribution in [2.75, 3.05) is 33.0 Å². The summed E-state index contributed by atoms with van der Waals surface area (Å²) in [5, 5.41) is 50.7. The lowest BCUT2D eigenvalue weighted by atomic mass is 9.98. The third-order valence-electron chi connectivity index (χ3n) is 7.00. The van der Waals surface area contributed by atoms with Crippen LogP contribution in [0.5, 0.6) is 0 Å². The van der Waals surface area contributed by atoms with Crippen molar-refractivity contribution in [1.82, 2.24) is 0 Å². The standard InChI is InChI=1S/C25H46O11/c1-2-3-4-5-6-7-8-9-11-31-12-10-13-32-24-19(29)18(28)21(16(14-26)33-24)36-25-20(30)23-22(35-23)17(15-27)34-25/h16-30H,2-15H2,1H3/t16?,17?,18-,19?,20?,21-,22-,23-,24-,25-/m0/s1. The maximum Gasteiger partial charge on any atom is 0.187 e. The molecule has 0 bridgehead atoms. The van der Waals surface area contributed by atoms with E-state index in [4.69, 9.17) is 28.4 Å². The fourth-order valence-corrected chi connectivity index (χ4v) is 4.77. The molecule has 3 rings (SSSR count). The van der Waals surface area contributed by atoms with E-state index >= 15 is 0 Å². The quantitative estimate of drug-likeness (QED) is 0.124. The first kappa shape index (κ1) is 30.1. The lowest BCUT2D eigenvalue weighted by Gasteiger charge is -2.43. The van der Waals surface area contributed by atoms with E-state index in [1.54, 1.807) is 0 Å². The van der Waals surface area contributed by atoms with Crippen molar-refractivity contribution in [2.24, 2.45) is 0 Å². The summed E-state index contributed by atoms with van der Waals surface area (Å²) in [6, 6.07) is 0. The van der Waals surface area contributed by atoms with E-state index in [-0.39, 0.29) is 13.2 Å². The third-order valence-corrected chi connectivity index (χ3v) is 7.00. The number of fused-ring (bicyclic) bond motifs is 1. The molecule has 3 saturated heterocycles. The van der Waals surface area contributed by atoms with Crippen LogP contribution in [0.1, 0.15) is 64.7 Å². The lowest BCUT2D eigenvalue weighted by Crippen LogP contribution is -2.62. The van der Waals surface area contributed by atoms with Crippen LogP contribution in [0.15, 0.2) is 0 Å². The summed E-state index contributed by atoms with van der Waals surface area (Å²) in [6.45, 7) is 2.87. The van der Waals surface area contributed by atoms with Gasteiger partial charge in [-0.25, -0.2) is 0 Å². The Kier molecular flexibility index (Phi) is 13.3. The summed E-state index contributed by atoms with van der Waals surface area (Å²) in [6.07, 6.45) is 0.365. The molecular weight excluding hydrogens is 476 g/mol. The first-order chi connectivity index (χ1) is 17.5. The molecule has 0 saturated carbocycles. The van der Waals surface area contributed by atoms with Gasteiger partial charge in [-0.2, -0.15) is 0 Å². The molecule has 0 aromatic carbocycles. The largest absolute Gasteiger partial charge is 0.394 e. The number of aliphatic hydroxyl groups excluding tert-OH is 5. The van der Waals surface area contributed by atoms with E-state index in [0.29, 0.717) is 19.6 Å². The van der Waals surface area contributed by atoms with Crippen molar-refractivity contribution in [1.29, 1.82) is 0 Å². The number of aliphatic hydroxyl groups is 5. The minimum atomic E-state index is -1.46. The summed E-state index contributed by atoms with van der Waals surface area (Å²) in [4.78, 5) is 0. The summed E-state index contributed by atoms with van der Waals surface area (Å²) in [7, 11) is 0. The molecule has 10 atom stereocenters. The smallest absolute Gasteiger partial charge is 0.187 e. The van der Waals surface area contributed by atoms with Gasteiger partial charge >= 0.3 is 0 Å². The molecule has 11 nitrogen and oxygen atoms in total. The van der Waals surface area contributed by atoms with Crippen LogP contribution in [0.2, 0.25) is 0 Å². The van der Waals surface area contributed by atoms with Crippen LogP contribution in [-0.2, 0) is 28.4 Å². The molecule has 0 amide bonds. The molecule has 0 spiro atoms. The molecule has 5 N–H and O–H groups in total. The van der Waals surface area contributed by atoms with E-state index < -0.39 is 68.0 Å². The second kappa shape index (κ2) is 15.8. The Hall–Kier alpha value is -0.440. The molecular formula is C25H46O11. The Morgan fingerprint density at radius 3 is 1.94 bits per heavy atom. The molecule has 212 valence electrons. The van der Waals surface area contributed by atoms with Gasteiger partial charge in [-0.1, -0.05) is 51.9 Å². The van der Waals surface area contributed by atoms with Gasteiger partial charge in [0.1, 0.15) is 48.8 Å².